The van der Waals surface area contributed by atoms with Crippen LogP contribution in [0.3, 0.4) is 0 Å². The number of hydrogen-bond acceptors (Lipinski definition) is 5. The highest BCUT2D eigenvalue weighted by Gasteiger charge is 2.33. The molecule has 2 aromatic carbocycles. The normalized spacial score (nSPS) is 15.4. The largest absolute Gasteiger partial charge is 0.464 e. The van der Waals surface area contributed by atoms with Crippen molar-refractivity contribution in [3.63, 3.8) is 0 Å². The molecule has 6 nitrogen and oxygen atoms in total. The Bertz CT molecular complexity index is 1040. The summed E-state index contributed by atoms with van der Waals surface area (Å²) in [5.41, 5.74) is 3.18. The fourth-order valence-corrected chi connectivity index (χ4v) is 3.38. The number of aromatic nitrogens is 3. The molecule has 1 aliphatic heterocycles. The van der Waals surface area contributed by atoms with Crippen LogP contribution in [0.5, 0.6) is 0 Å². The molecule has 7 heteroatoms. The maximum Gasteiger partial charge on any atom is 0.338 e. The molecule has 0 saturated heterocycles. The maximum absolute atomic E-state index is 12.7. The number of aryl methyl sites for hydroxylation is 1. The topological polar surface area (TPSA) is 69.4 Å². The SMILES string of the molecule is CCOC(=O)[C@@H]1N=C(c2ccccc2)c2cc(Cl)ccc2-n2c(C)nnc21. The van der Waals surface area contributed by atoms with Gasteiger partial charge in [0.2, 0.25) is 6.04 Å². The highest BCUT2D eigenvalue weighted by Crippen LogP contribution is 2.32. The number of carbonyl (C=O) groups excluding carboxylic acids is 1. The van der Waals surface area contributed by atoms with Crippen LogP contribution in [-0.4, -0.2) is 33.1 Å². The van der Waals surface area contributed by atoms with Crippen LogP contribution in [0.4, 0.5) is 0 Å². The first-order valence-corrected chi connectivity index (χ1v) is 9.00. The second kappa shape index (κ2) is 6.96. The van der Waals surface area contributed by atoms with Gasteiger partial charge < -0.3 is 4.74 Å². The van der Waals surface area contributed by atoms with Crippen LogP contribution < -0.4 is 0 Å². The molecule has 1 aliphatic rings. The average molecular weight is 381 g/mol. The van der Waals surface area contributed by atoms with Gasteiger partial charge in [-0.15, -0.1) is 10.2 Å². The summed E-state index contributed by atoms with van der Waals surface area (Å²) in [4.78, 5) is 17.4. The molecule has 1 atom stereocenters. The number of aliphatic imine (C=N–C) groups is 1. The van der Waals surface area contributed by atoms with Crippen LogP contribution >= 0.6 is 11.6 Å². The van der Waals surface area contributed by atoms with Crippen LogP contribution in [-0.2, 0) is 9.53 Å². The first kappa shape index (κ1) is 17.4. The molecule has 1 aromatic heterocycles. The van der Waals surface area contributed by atoms with Gasteiger partial charge >= 0.3 is 5.97 Å². The number of benzene rings is 2. The van der Waals surface area contributed by atoms with Crippen LogP contribution in [0.2, 0.25) is 5.02 Å². The van der Waals surface area contributed by atoms with Crippen molar-refractivity contribution in [2.75, 3.05) is 6.61 Å². The van der Waals surface area contributed by atoms with Gasteiger partial charge in [0.05, 0.1) is 18.0 Å². The van der Waals surface area contributed by atoms with Crippen LogP contribution in [0, 0.1) is 6.92 Å². The van der Waals surface area contributed by atoms with Gasteiger partial charge in [-0.25, -0.2) is 4.79 Å². The molecular formula is C20H17ClN4O2. The van der Waals surface area contributed by atoms with E-state index in [9.17, 15) is 4.79 Å². The Morgan fingerprint density at radius 2 is 1.96 bits per heavy atom. The Balaban J connectivity index is 2.03. The Morgan fingerprint density at radius 1 is 1.19 bits per heavy atom. The van der Waals surface area contributed by atoms with Gasteiger partial charge in [0, 0.05) is 16.1 Å². The Hall–Kier alpha value is -2.99. The third-order valence-corrected chi connectivity index (χ3v) is 4.60. The van der Waals surface area contributed by atoms with E-state index < -0.39 is 12.0 Å². The van der Waals surface area contributed by atoms with Crippen LogP contribution in [0.25, 0.3) is 5.69 Å². The molecule has 0 radical (unpaired) electrons. The summed E-state index contributed by atoms with van der Waals surface area (Å²) in [6, 6.07) is 14.3. The molecule has 0 fully saturated rings. The molecule has 27 heavy (non-hydrogen) atoms. The van der Waals surface area contributed by atoms with Gasteiger partial charge in [-0.05, 0) is 32.0 Å². The first-order chi connectivity index (χ1) is 13.1. The quantitative estimate of drug-likeness (QED) is 0.650. The summed E-state index contributed by atoms with van der Waals surface area (Å²) in [6.45, 7) is 3.86. The van der Waals surface area contributed by atoms with Crippen molar-refractivity contribution in [1.82, 2.24) is 14.8 Å². The third-order valence-electron chi connectivity index (χ3n) is 4.36. The van der Waals surface area contributed by atoms with E-state index in [1.807, 2.05) is 54.0 Å². The fourth-order valence-electron chi connectivity index (χ4n) is 3.21. The van der Waals surface area contributed by atoms with Gasteiger partial charge in [-0.2, -0.15) is 0 Å². The number of halogens is 1. The van der Waals surface area contributed by atoms with Gasteiger partial charge in [0.1, 0.15) is 5.82 Å². The second-order valence-corrected chi connectivity index (χ2v) is 6.54. The van der Waals surface area contributed by atoms with Gasteiger partial charge in [-0.3, -0.25) is 9.56 Å². The summed E-state index contributed by atoms with van der Waals surface area (Å²) in [5.74, 6) is 0.631. The Labute approximate surface area is 161 Å². The van der Waals surface area contributed by atoms with E-state index in [-0.39, 0.29) is 6.61 Å². The van der Waals surface area contributed by atoms with Crippen LogP contribution in [0.15, 0.2) is 53.5 Å². The average Bonchev–Trinajstić information content (AvgIpc) is 2.97. The molecule has 0 N–H and O–H groups in total. The minimum absolute atomic E-state index is 0.261. The number of nitrogens with zero attached hydrogens (tertiary/aromatic N) is 4. The minimum Gasteiger partial charge on any atom is -0.464 e. The van der Waals surface area contributed by atoms with Crippen molar-refractivity contribution in [1.29, 1.82) is 0 Å². The molecular weight excluding hydrogens is 364 g/mol. The predicted octanol–water partition coefficient (Wildman–Crippen LogP) is 3.68. The number of esters is 1. The van der Waals surface area contributed by atoms with Gasteiger partial charge in [0.15, 0.2) is 5.82 Å². The Kier molecular flexibility index (Phi) is 4.49. The third kappa shape index (κ3) is 3.02. The van der Waals surface area contributed by atoms with Crippen molar-refractivity contribution in [3.05, 3.63) is 76.3 Å². The molecule has 136 valence electrons. The van der Waals surface area contributed by atoms with E-state index in [4.69, 9.17) is 21.3 Å². The number of ether oxygens (including phenoxy) is 1. The zero-order chi connectivity index (χ0) is 19.0. The molecule has 0 amide bonds. The lowest BCUT2D eigenvalue weighted by Crippen LogP contribution is -2.18. The molecule has 0 saturated carbocycles. The zero-order valence-corrected chi connectivity index (χ0v) is 15.6. The standard InChI is InChI=1S/C20H17ClN4O2/c1-3-27-20(26)18-19-24-23-12(2)25(19)16-10-9-14(21)11-15(16)17(22-18)13-7-5-4-6-8-13/h4-11,18H,3H2,1-2H3/t18-/m1/s1. The van der Waals surface area contributed by atoms with Crippen molar-refractivity contribution in [3.8, 4) is 5.69 Å². The molecule has 0 aliphatic carbocycles. The van der Waals surface area contributed by atoms with E-state index in [0.717, 1.165) is 16.8 Å². The highest BCUT2D eigenvalue weighted by molar-refractivity contribution is 6.31. The lowest BCUT2D eigenvalue weighted by molar-refractivity contribution is -0.144. The zero-order valence-electron chi connectivity index (χ0n) is 14.9. The molecule has 0 unspecified atom stereocenters. The highest BCUT2D eigenvalue weighted by atomic mass is 35.5. The summed E-state index contributed by atoms with van der Waals surface area (Å²) >= 11 is 6.29. The van der Waals surface area contributed by atoms with E-state index in [0.29, 0.717) is 22.4 Å². The lowest BCUT2D eigenvalue weighted by Gasteiger charge is -2.12. The number of hydrogen-bond donors (Lipinski definition) is 0. The maximum atomic E-state index is 12.7. The summed E-state index contributed by atoms with van der Waals surface area (Å²) in [6.07, 6.45) is 0. The van der Waals surface area contributed by atoms with E-state index in [1.54, 1.807) is 13.0 Å². The smallest absolute Gasteiger partial charge is 0.338 e. The fraction of sp³-hybridized carbons (Fsp3) is 0.200. The molecule has 0 bridgehead atoms. The molecule has 3 aromatic rings. The van der Waals surface area contributed by atoms with Gasteiger partial charge in [0.25, 0.3) is 0 Å². The van der Waals surface area contributed by atoms with Crippen molar-refractivity contribution in [2.24, 2.45) is 4.99 Å². The van der Waals surface area contributed by atoms with E-state index in [1.165, 1.54) is 0 Å². The number of carbonyl (C=O) groups is 1. The first-order valence-electron chi connectivity index (χ1n) is 8.62. The van der Waals surface area contributed by atoms with E-state index in [2.05, 4.69) is 10.2 Å². The van der Waals surface area contributed by atoms with Crippen molar-refractivity contribution >= 4 is 23.3 Å². The molecule has 0 spiro atoms. The number of rotatable bonds is 3. The van der Waals surface area contributed by atoms with Gasteiger partial charge in [-0.1, -0.05) is 41.9 Å². The predicted molar refractivity (Wildman–Crippen MR) is 103 cm³/mol. The summed E-state index contributed by atoms with van der Waals surface area (Å²) < 4.78 is 7.10. The summed E-state index contributed by atoms with van der Waals surface area (Å²) in [7, 11) is 0. The minimum atomic E-state index is -0.910. The summed E-state index contributed by atoms with van der Waals surface area (Å²) in [5, 5.41) is 8.96. The number of fused-ring (bicyclic) bond motifs is 3. The van der Waals surface area contributed by atoms with Crippen molar-refractivity contribution < 1.29 is 9.53 Å². The second-order valence-electron chi connectivity index (χ2n) is 6.10. The monoisotopic (exact) mass is 380 g/mol. The van der Waals surface area contributed by atoms with E-state index >= 15 is 0 Å². The molecule has 4 rings (SSSR count). The Morgan fingerprint density at radius 3 is 2.70 bits per heavy atom. The van der Waals surface area contributed by atoms with Crippen LogP contribution in [0.1, 0.15) is 35.7 Å². The van der Waals surface area contributed by atoms with Crippen molar-refractivity contribution in [2.45, 2.75) is 19.9 Å². The lowest BCUT2D eigenvalue weighted by atomic mass is 10.0. The molecule has 2 heterocycles.